The van der Waals surface area contributed by atoms with Crippen LogP contribution in [-0.4, -0.2) is 31.4 Å². The largest absolute Gasteiger partial charge is 0.497 e. The molecule has 1 aromatic carbocycles. The monoisotopic (exact) mass is 337 g/mol. The number of aromatic nitrogens is 1. The smallest absolute Gasteiger partial charge is 0.387 e. The third kappa shape index (κ3) is 3.08. The normalized spacial score (nSPS) is 10.3. The number of esters is 1. The lowest BCUT2D eigenvalue weighted by Gasteiger charge is -2.15. The minimum atomic E-state index is -3.08. The van der Waals surface area contributed by atoms with Crippen LogP contribution in [0.1, 0.15) is 16.1 Å². The van der Waals surface area contributed by atoms with Crippen molar-refractivity contribution < 1.29 is 27.8 Å². The molecule has 9 heteroatoms. The molecule has 0 fully saturated rings. The van der Waals surface area contributed by atoms with Crippen LogP contribution < -0.4 is 15.2 Å². The number of carbonyl (C=O) groups is 1. The van der Waals surface area contributed by atoms with E-state index in [-0.39, 0.29) is 28.4 Å². The summed E-state index contributed by atoms with van der Waals surface area (Å²) in [6.07, 6.45) is 1.23. The molecule has 0 saturated heterocycles. The highest BCUT2D eigenvalue weighted by molar-refractivity contribution is 5.96. The van der Waals surface area contributed by atoms with Gasteiger partial charge in [-0.25, -0.2) is 4.79 Å². The second kappa shape index (κ2) is 6.87. The van der Waals surface area contributed by atoms with Crippen molar-refractivity contribution in [1.29, 1.82) is 5.26 Å². The molecule has 0 radical (unpaired) electrons. The van der Waals surface area contributed by atoms with Gasteiger partial charge in [0.1, 0.15) is 17.6 Å². The molecule has 1 aromatic heterocycles. The number of ether oxygens (including phenoxy) is 3. The highest BCUT2D eigenvalue weighted by atomic mass is 19.3. The first kappa shape index (κ1) is 17.1. The SMILES string of the molecule is COC(=O)c1c(N)c(C#N)cn1-c1cc(OC)ccc1OC(F)F. The van der Waals surface area contributed by atoms with Crippen molar-refractivity contribution in [1.82, 2.24) is 4.57 Å². The van der Waals surface area contributed by atoms with E-state index in [9.17, 15) is 13.6 Å². The van der Waals surface area contributed by atoms with Gasteiger partial charge in [0.05, 0.1) is 31.2 Å². The maximum absolute atomic E-state index is 12.6. The second-order valence-corrected chi connectivity index (χ2v) is 4.49. The minimum absolute atomic E-state index is 0.0128. The topological polar surface area (TPSA) is 99.5 Å². The molecule has 0 spiro atoms. The van der Waals surface area contributed by atoms with Crippen molar-refractivity contribution in [2.75, 3.05) is 20.0 Å². The Hall–Kier alpha value is -3.28. The molecule has 0 bridgehead atoms. The summed E-state index contributed by atoms with van der Waals surface area (Å²) < 4.78 is 40.6. The van der Waals surface area contributed by atoms with Gasteiger partial charge in [-0.2, -0.15) is 14.0 Å². The average molecular weight is 337 g/mol. The molecule has 0 aliphatic rings. The Bertz CT molecular complexity index is 812. The van der Waals surface area contributed by atoms with Gasteiger partial charge in [-0.1, -0.05) is 0 Å². The van der Waals surface area contributed by atoms with Crippen LogP contribution in [0, 0.1) is 11.3 Å². The number of nitrogen functional groups attached to an aromatic ring is 1. The van der Waals surface area contributed by atoms with E-state index in [1.807, 2.05) is 6.07 Å². The van der Waals surface area contributed by atoms with Gasteiger partial charge in [0.25, 0.3) is 0 Å². The zero-order valence-electron chi connectivity index (χ0n) is 12.7. The van der Waals surface area contributed by atoms with Crippen LogP contribution in [0.5, 0.6) is 11.5 Å². The van der Waals surface area contributed by atoms with Gasteiger partial charge in [-0.3, -0.25) is 0 Å². The molecule has 2 aromatic rings. The van der Waals surface area contributed by atoms with Gasteiger partial charge < -0.3 is 24.5 Å². The van der Waals surface area contributed by atoms with E-state index < -0.39 is 12.6 Å². The molecule has 2 rings (SSSR count). The van der Waals surface area contributed by atoms with Crippen LogP contribution in [-0.2, 0) is 4.74 Å². The Morgan fingerprint density at radius 2 is 2.08 bits per heavy atom. The lowest BCUT2D eigenvalue weighted by atomic mass is 10.2. The van der Waals surface area contributed by atoms with E-state index in [1.54, 1.807) is 0 Å². The number of nitrogens with zero attached hydrogens (tertiary/aromatic N) is 2. The molecule has 126 valence electrons. The zero-order chi connectivity index (χ0) is 17.9. The van der Waals surface area contributed by atoms with Crippen LogP contribution in [0.3, 0.4) is 0 Å². The summed E-state index contributed by atoms with van der Waals surface area (Å²) in [5, 5.41) is 9.10. The van der Waals surface area contributed by atoms with E-state index >= 15 is 0 Å². The fraction of sp³-hybridized carbons (Fsp3) is 0.200. The molecule has 7 nitrogen and oxygen atoms in total. The van der Waals surface area contributed by atoms with Crippen molar-refractivity contribution in [3.63, 3.8) is 0 Å². The Morgan fingerprint density at radius 1 is 1.38 bits per heavy atom. The first-order chi connectivity index (χ1) is 11.4. The van der Waals surface area contributed by atoms with Gasteiger partial charge in [0.2, 0.25) is 0 Å². The number of methoxy groups -OCH3 is 2. The summed E-state index contributed by atoms with van der Waals surface area (Å²) >= 11 is 0. The minimum Gasteiger partial charge on any atom is -0.497 e. The van der Waals surface area contributed by atoms with Crippen LogP contribution in [0.15, 0.2) is 24.4 Å². The summed E-state index contributed by atoms with van der Waals surface area (Å²) in [6, 6.07) is 5.85. The Kier molecular flexibility index (Phi) is 4.89. The number of halogens is 2. The summed E-state index contributed by atoms with van der Waals surface area (Å²) in [4.78, 5) is 12.0. The van der Waals surface area contributed by atoms with Gasteiger partial charge >= 0.3 is 12.6 Å². The summed E-state index contributed by atoms with van der Waals surface area (Å²) in [6.45, 7) is -3.08. The second-order valence-electron chi connectivity index (χ2n) is 4.49. The molecule has 0 atom stereocenters. The van der Waals surface area contributed by atoms with Crippen LogP contribution in [0.25, 0.3) is 5.69 Å². The Labute approximate surface area is 135 Å². The molecular formula is C15H13F2N3O4. The van der Waals surface area contributed by atoms with Gasteiger partial charge in [0, 0.05) is 12.3 Å². The van der Waals surface area contributed by atoms with Crippen molar-refractivity contribution in [3.05, 3.63) is 35.7 Å². The number of alkyl halides is 2. The maximum Gasteiger partial charge on any atom is 0.387 e. The average Bonchev–Trinajstić information content (AvgIpc) is 2.90. The Balaban J connectivity index is 2.75. The summed E-state index contributed by atoms with van der Waals surface area (Å²) in [5.41, 5.74) is 5.51. The number of nitrogens with two attached hydrogens (primary N) is 1. The van der Waals surface area contributed by atoms with E-state index in [4.69, 9.17) is 15.7 Å². The van der Waals surface area contributed by atoms with E-state index in [0.29, 0.717) is 5.75 Å². The number of hydrogen-bond donors (Lipinski definition) is 1. The highest BCUT2D eigenvalue weighted by Gasteiger charge is 2.24. The zero-order valence-corrected chi connectivity index (χ0v) is 12.7. The van der Waals surface area contributed by atoms with E-state index in [1.165, 1.54) is 31.5 Å². The van der Waals surface area contributed by atoms with Crippen LogP contribution >= 0.6 is 0 Å². The van der Waals surface area contributed by atoms with Crippen molar-refractivity contribution in [2.45, 2.75) is 6.61 Å². The Morgan fingerprint density at radius 3 is 2.62 bits per heavy atom. The number of carbonyl (C=O) groups excluding carboxylic acids is 1. The molecule has 0 aliphatic carbocycles. The third-order valence-electron chi connectivity index (χ3n) is 3.19. The highest BCUT2D eigenvalue weighted by Crippen LogP contribution is 2.33. The summed E-state index contributed by atoms with van der Waals surface area (Å²) in [5.74, 6) is -0.733. The number of benzene rings is 1. The van der Waals surface area contributed by atoms with Crippen molar-refractivity contribution >= 4 is 11.7 Å². The van der Waals surface area contributed by atoms with E-state index in [0.717, 1.165) is 11.7 Å². The standard InChI is InChI=1S/C15H13F2N3O4/c1-22-9-3-4-11(24-15(16)17)10(5-9)20-7-8(6-18)12(19)13(20)14(21)23-2/h3-5,7,15H,19H2,1-2H3. The first-order valence-electron chi connectivity index (χ1n) is 6.55. The molecule has 24 heavy (non-hydrogen) atoms. The molecule has 2 N–H and O–H groups in total. The molecule has 0 aliphatic heterocycles. The number of rotatable bonds is 5. The van der Waals surface area contributed by atoms with Crippen LogP contribution in [0.4, 0.5) is 14.5 Å². The summed E-state index contributed by atoms with van der Waals surface area (Å²) in [7, 11) is 2.52. The van der Waals surface area contributed by atoms with Gasteiger partial charge in [-0.05, 0) is 12.1 Å². The molecule has 0 saturated carbocycles. The quantitative estimate of drug-likeness (QED) is 0.841. The van der Waals surface area contributed by atoms with Crippen molar-refractivity contribution in [2.24, 2.45) is 0 Å². The van der Waals surface area contributed by atoms with Gasteiger partial charge in [-0.15, -0.1) is 0 Å². The van der Waals surface area contributed by atoms with Gasteiger partial charge in [0.15, 0.2) is 5.69 Å². The molecule has 0 amide bonds. The predicted molar refractivity (Wildman–Crippen MR) is 79.4 cm³/mol. The van der Waals surface area contributed by atoms with Crippen LogP contribution in [0.2, 0.25) is 0 Å². The number of nitriles is 1. The lowest BCUT2D eigenvalue weighted by molar-refractivity contribution is -0.0498. The van der Waals surface area contributed by atoms with E-state index in [2.05, 4.69) is 9.47 Å². The number of anilines is 1. The number of hydrogen-bond acceptors (Lipinski definition) is 6. The maximum atomic E-state index is 12.6. The molecule has 0 unspecified atom stereocenters. The first-order valence-corrected chi connectivity index (χ1v) is 6.55. The molecular weight excluding hydrogens is 324 g/mol. The third-order valence-corrected chi connectivity index (χ3v) is 3.19. The predicted octanol–water partition coefficient (Wildman–Crippen LogP) is 2.33. The fourth-order valence-corrected chi connectivity index (χ4v) is 2.11. The fourth-order valence-electron chi connectivity index (χ4n) is 2.11. The molecule has 1 heterocycles. The lowest BCUT2D eigenvalue weighted by Crippen LogP contribution is -2.13. The van der Waals surface area contributed by atoms with Crippen molar-refractivity contribution in [3.8, 4) is 23.3 Å².